The van der Waals surface area contributed by atoms with Crippen LogP contribution in [0, 0.1) is 5.92 Å². The normalized spacial score (nSPS) is 15.9. The van der Waals surface area contributed by atoms with E-state index in [1.165, 1.54) is 0 Å². The van der Waals surface area contributed by atoms with Crippen LogP contribution in [-0.2, 0) is 59.2 Å². The topological polar surface area (TPSA) is 440 Å². The van der Waals surface area contributed by atoms with Gasteiger partial charge in [-0.3, -0.25) is 52.9 Å². The lowest BCUT2D eigenvalue weighted by Crippen LogP contribution is -2.59. The molecule has 2 rings (SSSR count). The zero-order chi connectivity index (χ0) is 49.7. The molecular weight excluding hydrogens is 873 g/mol. The van der Waals surface area contributed by atoms with Crippen molar-refractivity contribution in [3.63, 3.8) is 0 Å². The average molecular weight is 933 g/mol. The van der Waals surface area contributed by atoms with Crippen LogP contribution in [0.3, 0.4) is 0 Å². The Labute approximate surface area is 378 Å². The van der Waals surface area contributed by atoms with Crippen LogP contribution in [0.5, 0.6) is 0 Å². The fraction of sp³-hybridized carbons (Fsp3) is 0.550. The van der Waals surface area contributed by atoms with Gasteiger partial charge in [-0.1, -0.05) is 44.2 Å². The maximum Gasteiger partial charge on any atom is 0.326 e. The Hall–Kier alpha value is -7.38. The summed E-state index contributed by atoms with van der Waals surface area (Å²) in [5.41, 5.74) is 22.4. The second-order valence-electron chi connectivity index (χ2n) is 15.7. The second kappa shape index (κ2) is 27.1. The molecular formula is C40H60N12O14. The highest BCUT2D eigenvalue weighted by atomic mass is 16.4. The van der Waals surface area contributed by atoms with Gasteiger partial charge in [-0.25, -0.2) is 4.79 Å². The van der Waals surface area contributed by atoms with Crippen molar-refractivity contribution >= 4 is 71.1 Å². The number of carbonyl (C=O) groups excluding carboxylic acids is 8. The highest BCUT2D eigenvalue weighted by Crippen LogP contribution is 2.19. The van der Waals surface area contributed by atoms with Gasteiger partial charge in [-0.05, 0) is 43.6 Å². The van der Waals surface area contributed by atoms with Crippen molar-refractivity contribution in [2.45, 2.75) is 114 Å². The summed E-state index contributed by atoms with van der Waals surface area (Å²) in [6.07, 6.45) is -2.62. The predicted octanol–water partition coefficient (Wildman–Crippen LogP) is -4.90. The van der Waals surface area contributed by atoms with Crippen molar-refractivity contribution in [1.82, 2.24) is 36.8 Å². The summed E-state index contributed by atoms with van der Waals surface area (Å²) in [4.78, 5) is 146. The van der Waals surface area contributed by atoms with Crippen LogP contribution >= 0.6 is 0 Å². The Balaban J connectivity index is 2.33. The smallest absolute Gasteiger partial charge is 0.326 e. The standard InChI is InChI=1S/C40H60N12O14/c1-20(2)32(42)37(63)50-25(17-30(55)56)36(62)48-22(10-6-14-45-40(43)44)33(59)46-19-29(54)47-23(12-13-28(41)53)34(60)49-24(16-21-8-4-3-5-9-21)35(61)51-26(18-31(57)58)38(64)52-15-7-11-27(52)39(65)66/h3-5,8-9,20,22-27,32H,6-7,10-19,42H2,1-2H3,(H2,41,53)(H,46,59)(H,47,54)(H,48,62)(H,49,60)(H,50,63)(H,51,61)(H,55,56)(H,57,58)(H,65,66)(H4,43,44,45)/t22-,23-,24-,25-,26-,27-,32-/m0/s1. The first-order valence-electron chi connectivity index (χ1n) is 20.9. The van der Waals surface area contributed by atoms with Crippen molar-refractivity contribution in [2.75, 3.05) is 19.6 Å². The highest BCUT2D eigenvalue weighted by Gasteiger charge is 2.39. The molecule has 66 heavy (non-hydrogen) atoms. The minimum absolute atomic E-state index is 0.0105. The minimum atomic E-state index is -1.75. The third kappa shape index (κ3) is 19.2. The van der Waals surface area contributed by atoms with Crippen LogP contribution in [0.2, 0.25) is 0 Å². The van der Waals surface area contributed by atoms with E-state index in [4.69, 9.17) is 22.9 Å². The number of nitrogens with two attached hydrogens (primary N) is 4. The SMILES string of the molecule is CC(C)[C@H](N)C(=O)N[C@@H](CC(=O)O)C(=O)N[C@@H](CCCN=C(N)N)C(=O)NCC(=O)N[C@@H](CCC(N)=O)C(=O)N[C@@H](Cc1ccccc1)C(=O)N[C@@H](CC(=O)O)C(=O)N1CCC[C@H]1C(=O)O. The minimum Gasteiger partial charge on any atom is -0.481 e. The first-order valence-corrected chi connectivity index (χ1v) is 20.9. The number of guanidine groups is 1. The molecule has 0 aliphatic carbocycles. The predicted molar refractivity (Wildman–Crippen MR) is 231 cm³/mol. The number of likely N-dealkylation sites (tertiary alicyclic amines) is 1. The molecule has 7 atom stereocenters. The number of carboxylic acids is 3. The molecule has 26 nitrogen and oxygen atoms in total. The van der Waals surface area contributed by atoms with Crippen LogP contribution in [0.4, 0.5) is 0 Å². The van der Waals surface area contributed by atoms with E-state index in [-0.39, 0.29) is 50.7 Å². The molecule has 1 saturated heterocycles. The summed E-state index contributed by atoms with van der Waals surface area (Å²) in [6.45, 7) is 2.38. The van der Waals surface area contributed by atoms with Gasteiger partial charge >= 0.3 is 17.9 Å². The zero-order valence-corrected chi connectivity index (χ0v) is 36.5. The molecule has 1 aliphatic rings. The molecule has 364 valence electrons. The summed E-state index contributed by atoms with van der Waals surface area (Å²) < 4.78 is 0. The Bertz CT molecular complexity index is 1960. The summed E-state index contributed by atoms with van der Waals surface area (Å²) in [5.74, 6) is -12.8. The second-order valence-corrected chi connectivity index (χ2v) is 15.7. The van der Waals surface area contributed by atoms with Crippen LogP contribution in [-0.4, -0.2) is 153 Å². The molecule has 0 spiro atoms. The monoisotopic (exact) mass is 932 g/mol. The molecule has 1 fully saturated rings. The Kier molecular flexibility index (Phi) is 22.4. The molecule has 8 amide bonds. The van der Waals surface area contributed by atoms with Crippen molar-refractivity contribution in [3.05, 3.63) is 35.9 Å². The number of primary amides is 1. The molecule has 17 N–H and O–H groups in total. The number of benzene rings is 1. The van der Waals surface area contributed by atoms with Gasteiger partial charge in [-0.15, -0.1) is 0 Å². The van der Waals surface area contributed by atoms with Gasteiger partial charge in [0.05, 0.1) is 25.4 Å². The van der Waals surface area contributed by atoms with Crippen molar-refractivity contribution < 1.29 is 68.1 Å². The molecule has 0 saturated carbocycles. The summed E-state index contributed by atoms with van der Waals surface area (Å²) >= 11 is 0. The van der Waals surface area contributed by atoms with Gasteiger partial charge in [0.25, 0.3) is 0 Å². The van der Waals surface area contributed by atoms with Crippen molar-refractivity contribution in [1.29, 1.82) is 0 Å². The number of aliphatic carboxylic acids is 3. The van der Waals surface area contributed by atoms with E-state index in [0.717, 1.165) is 4.90 Å². The third-order valence-corrected chi connectivity index (χ3v) is 10.1. The van der Waals surface area contributed by atoms with Gasteiger partial charge < -0.3 is 75.1 Å². The van der Waals surface area contributed by atoms with Gasteiger partial charge in [-0.2, -0.15) is 0 Å². The first kappa shape index (κ1) is 54.8. The average Bonchev–Trinajstić information content (AvgIpc) is 3.74. The van der Waals surface area contributed by atoms with Crippen LogP contribution in [0.15, 0.2) is 35.3 Å². The number of carbonyl (C=O) groups is 11. The lowest BCUT2D eigenvalue weighted by Gasteiger charge is -2.28. The van der Waals surface area contributed by atoms with Gasteiger partial charge in [0.1, 0.15) is 36.3 Å². The number of hydrogen-bond donors (Lipinski definition) is 13. The Morgan fingerprint density at radius 2 is 1.26 bits per heavy atom. The summed E-state index contributed by atoms with van der Waals surface area (Å²) in [5, 5.41) is 42.6. The van der Waals surface area contributed by atoms with E-state index in [1.807, 2.05) is 0 Å². The summed E-state index contributed by atoms with van der Waals surface area (Å²) in [6, 6.07) is -2.26. The Morgan fingerprint density at radius 3 is 1.83 bits per heavy atom. The first-order chi connectivity index (χ1) is 31.0. The fourth-order valence-corrected chi connectivity index (χ4v) is 6.56. The number of aliphatic imine (C=N–C) groups is 1. The number of nitrogens with one attached hydrogen (secondary N) is 6. The molecule has 26 heteroatoms. The number of hydrogen-bond acceptors (Lipinski definition) is 13. The maximum absolute atomic E-state index is 13.9. The summed E-state index contributed by atoms with van der Waals surface area (Å²) in [7, 11) is 0. The van der Waals surface area contributed by atoms with Crippen LogP contribution < -0.4 is 54.8 Å². The number of rotatable bonds is 28. The van der Waals surface area contributed by atoms with E-state index in [1.54, 1.807) is 44.2 Å². The van der Waals surface area contributed by atoms with Crippen molar-refractivity contribution in [3.8, 4) is 0 Å². The highest BCUT2D eigenvalue weighted by molar-refractivity contribution is 5.98. The number of amides is 8. The lowest BCUT2D eigenvalue weighted by atomic mass is 10.0. The molecule has 1 aliphatic heterocycles. The van der Waals surface area contributed by atoms with Gasteiger partial charge in [0.2, 0.25) is 47.3 Å². The van der Waals surface area contributed by atoms with Crippen LogP contribution in [0.1, 0.15) is 70.8 Å². The zero-order valence-electron chi connectivity index (χ0n) is 36.5. The van der Waals surface area contributed by atoms with E-state index in [9.17, 15) is 68.1 Å². The quantitative estimate of drug-likeness (QED) is 0.0213. The van der Waals surface area contributed by atoms with Gasteiger partial charge in [0, 0.05) is 25.9 Å². The Morgan fingerprint density at radius 1 is 0.712 bits per heavy atom. The number of carboxylic acid groups (broad SMARTS) is 3. The molecule has 0 bridgehead atoms. The fourth-order valence-electron chi connectivity index (χ4n) is 6.56. The van der Waals surface area contributed by atoms with E-state index in [2.05, 4.69) is 36.9 Å². The number of nitrogens with zero attached hydrogens (tertiary/aromatic N) is 2. The van der Waals surface area contributed by atoms with Crippen LogP contribution in [0.25, 0.3) is 0 Å². The van der Waals surface area contributed by atoms with Gasteiger partial charge in [0.15, 0.2) is 5.96 Å². The maximum atomic E-state index is 13.9. The molecule has 0 radical (unpaired) electrons. The largest absolute Gasteiger partial charge is 0.481 e. The molecule has 1 aromatic carbocycles. The molecule has 1 heterocycles. The van der Waals surface area contributed by atoms with E-state index in [0.29, 0.717) is 12.0 Å². The van der Waals surface area contributed by atoms with Crippen molar-refractivity contribution in [2.24, 2.45) is 33.8 Å². The molecule has 0 unspecified atom stereocenters. The lowest BCUT2D eigenvalue weighted by molar-refractivity contribution is -0.150. The molecule has 0 aromatic heterocycles. The third-order valence-electron chi connectivity index (χ3n) is 10.1. The van der Waals surface area contributed by atoms with E-state index >= 15 is 0 Å². The van der Waals surface area contributed by atoms with E-state index < -0.39 is 140 Å². The molecule has 1 aromatic rings.